The van der Waals surface area contributed by atoms with Gasteiger partial charge in [-0.25, -0.2) is 9.69 Å². The van der Waals surface area contributed by atoms with Gasteiger partial charge in [0.15, 0.2) is 11.5 Å². The van der Waals surface area contributed by atoms with Crippen molar-refractivity contribution in [3.05, 3.63) is 91.9 Å². The number of carbonyl (C=O) groups is 3. The molecule has 1 heterocycles. The topological polar surface area (TPSA) is 84.9 Å². The van der Waals surface area contributed by atoms with Crippen LogP contribution in [0.15, 0.2) is 75.2 Å². The second-order valence-electron chi connectivity index (χ2n) is 12.6. The number of barbiturate groups is 1. The second kappa shape index (κ2) is 11.5. The molecule has 0 atom stereocenters. The summed E-state index contributed by atoms with van der Waals surface area (Å²) < 4.78 is 13.4. The lowest BCUT2D eigenvalue weighted by molar-refractivity contribution is -0.122. The molecular formula is C35H32Br2N2O5. The Bertz CT molecular complexity index is 1660. The van der Waals surface area contributed by atoms with Gasteiger partial charge in [0.2, 0.25) is 0 Å². The van der Waals surface area contributed by atoms with Crippen molar-refractivity contribution in [2.75, 3.05) is 12.0 Å². The summed E-state index contributed by atoms with van der Waals surface area (Å²) in [5, 5.41) is 2.33. The molecule has 226 valence electrons. The van der Waals surface area contributed by atoms with Crippen LogP contribution in [0.5, 0.6) is 11.5 Å². The molecule has 0 aromatic heterocycles. The van der Waals surface area contributed by atoms with Crippen LogP contribution in [0.25, 0.3) is 6.08 Å². The van der Waals surface area contributed by atoms with Gasteiger partial charge in [0.1, 0.15) is 12.2 Å². The number of nitrogens with one attached hydrogen (secondary N) is 1. The Morgan fingerprint density at radius 3 is 2.20 bits per heavy atom. The Morgan fingerprint density at radius 1 is 0.886 bits per heavy atom. The fourth-order valence-corrected chi connectivity index (χ4v) is 9.34. The predicted octanol–water partition coefficient (Wildman–Crippen LogP) is 7.93. The number of imide groups is 2. The van der Waals surface area contributed by atoms with Crippen molar-refractivity contribution in [2.45, 2.75) is 50.5 Å². The van der Waals surface area contributed by atoms with Crippen molar-refractivity contribution in [2.24, 2.45) is 17.8 Å². The van der Waals surface area contributed by atoms with Crippen molar-refractivity contribution in [3.8, 4) is 11.5 Å². The number of anilines is 1. The first kappa shape index (κ1) is 29.3. The van der Waals surface area contributed by atoms with Crippen LogP contribution in [0, 0.1) is 17.8 Å². The third-order valence-corrected chi connectivity index (χ3v) is 11.0. The molecule has 3 aromatic carbocycles. The normalized spacial score (nSPS) is 26.7. The molecule has 3 aromatic rings. The van der Waals surface area contributed by atoms with Crippen LogP contribution >= 0.6 is 31.9 Å². The van der Waals surface area contributed by atoms with E-state index in [4.69, 9.17) is 9.47 Å². The molecule has 8 rings (SSSR count). The molecule has 1 aliphatic heterocycles. The van der Waals surface area contributed by atoms with Crippen LogP contribution in [0.2, 0.25) is 0 Å². The summed E-state index contributed by atoms with van der Waals surface area (Å²) >= 11 is 7.00. The number of halogens is 2. The summed E-state index contributed by atoms with van der Waals surface area (Å²) in [5.41, 5.74) is 3.35. The van der Waals surface area contributed by atoms with Crippen LogP contribution in [-0.4, -0.2) is 25.0 Å². The number of urea groups is 1. The van der Waals surface area contributed by atoms with Crippen molar-refractivity contribution >= 4 is 61.5 Å². The number of nitrogens with zero attached hydrogens (tertiary/aromatic N) is 1. The van der Waals surface area contributed by atoms with E-state index in [1.54, 1.807) is 18.2 Å². The Morgan fingerprint density at radius 2 is 1.57 bits per heavy atom. The minimum Gasteiger partial charge on any atom is -0.493 e. The van der Waals surface area contributed by atoms with Crippen LogP contribution in [0.3, 0.4) is 0 Å². The van der Waals surface area contributed by atoms with Gasteiger partial charge in [0, 0.05) is 14.5 Å². The monoisotopic (exact) mass is 718 g/mol. The van der Waals surface area contributed by atoms with E-state index in [-0.39, 0.29) is 11.0 Å². The zero-order valence-electron chi connectivity index (χ0n) is 24.3. The summed E-state index contributed by atoms with van der Waals surface area (Å²) in [4.78, 5) is 40.4. The Hall–Kier alpha value is -3.43. The lowest BCUT2D eigenvalue weighted by atomic mass is 9.48. The highest BCUT2D eigenvalue weighted by Gasteiger charge is 2.51. The number of amides is 4. The fourth-order valence-electron chi connectivity index (χ4n) is 8.17. The summed E-state index contributed by atoms with van der Waals surface area (Å²) in [7, 11) is 1.53. The molecule has 1 saturated heterocycles. The van der Waals surface area contributed by atoms with E-state index >= 15 is 0 Å². The van der Waals surface area contributed by atoms with Gasteiger partial charge in [0.05, 0.1) is 12.8 Å². The fraction of sp³-hybridized carbons (Fsp3) is 0.343. The van der Waals surface area contributed by atoms with Gasteiger partial charge in [-0.3, -0.25) is 14.9 Å². The van der Waals surface area contributed by atoms with Gasteiger partial charge in [0.25, 0.3) is 11.8 Å². The van der Waals surface area contributed by atoms with E-state index in [1.807, 2.05) is 30.3 Å². The number of ether oxygens (including phenoxy) is 2. The minimum atomic E-state index is -0.750. The first-order chi connectivity index (χ1) is 21.2. The molecule has 4 amide bonds. The highest BCUT2D eigenvalue weighted by Crippen LogP contribution is 2.60. The Labute approximate surface area is 273 Å². The second-order valence-corrected chi connectivity index (χ2v) is 14.4. The Balaban J connectivity index is 1.11. The number of methoxy groups -OCH3 is 1. The van der Waals surface area contributed by atoms with Crippen LogP contribution in [0.4, 0.5) is 10.5 Å². The molecule has 4 bridgehead atoms. The van der Waals surface area contributed by atoms with Gasteiger partial charge in [-0.15, -0.1) is 0 Å². The molecule has 9 heteroatoms. The van der Waals surface area contributed by atoms with E-state index in [2.05, 4.69) is 49.3 Å². The van der Waals surface area contributed by atoms with Crippen molar-refractivity contribution in [3.63, 3.8) is 0 Å². The van der Waals surface area contributed by atoms with Crippen LogP contribution in [-0.2, 0) is 21.6 Å². The highest BCUT2D eigenvalue weighted by atomic mass is 79.9. The predicted molar refractivity (Wildman–Crippen MR) is 174 cm³/mol. The summed E-state index contributed by atoms with van der Waals surface area (Å²) in [6.07, 6.45) is 9.28. The third kappa shape index (κ3) is 5.38. The maximum Gasteiger partial charge on any atom is 0.335 e. The number of hydrogen-bond donors (Lipinski definition) is 1. The molecular weight excluding hydrogens is 688 g/mol. The largest absolute Gasteiger partial charge is 0.493 e. The third-order valence-electron chi connectivity index (χ3n) is 9.77. The van der Waals surface area contributed by atoms with Gasteiger partial charge in [-0.05, 0) is 115 Å². The standard InChI is InChI=1S/C35H32Br2N2O5/c1-43-31-14-20(2-9-30(31)44-19-24-3-6-26(36)15-29(24)37)13-28-32(40)38-34(42)39(33(28)41)27-7-4-25(5-8-27)35-16-21-10-22(17-35)12-23(11-21)18-35/h2-9,13-15,21-23H,10-12,16-19H2,1H3,(H,38,40,42)/b28-13+. The van der Waals surface area contributed by atoms with Gasteiger partial charge in [-0.2, -0.15) is 0 Å². The molecule has 44 heavy (non-hydrogen) atoms. The zero-order valence-corrected chi connectivity index (χ0v) is 27.4. The van der Waals surface area contributed by atoms with E-state index < -0.39 is 17.8 Å². The van der Waals surface area contributed by atoms with E-state index in [9.17, 15) is 14.4 Å². The van der Waals surface area contributed by atoms with E-state index in [1.165, 1.54) is 57.3 Å². The Kier molecular flexibility index (Phi) is 7.65. The van der Waals surface area contributed by atoms with Crippen LogP contribution < -0.4 is 19.7 Å². The summed E-state index contributed by atoms with van der Waals surface area (Å²) in [6.45, 7) is 0.310. The smallest absolute Gasteiger partial charge is 0.335 e. The molecule has 7 nitrogen and oxygen atoms in total. The van der Waals surface area contributed by atoms with Crippen LogP contribution in [0.1, 0.15) is 55.2 Å². The van der Waals surface area contributed by atoms with Crippen molar-refractivity contribution in [1.29, 1.82) is 0 Å². The molecule has 5 fully saturated rings. The SMILES string of the molecule is COc1cc(/C=C2\C(=O)NC(=O)N(c3ccc(C45CC6CC(CC(C6)C4)C5)cc3)C2=O)ccc1OCc1ccc(Br)cc1Br. The number of hydrogen-bond acceptors (Lipinski definition) is 5. The molecule has 1 N–H and O–H groups in total. The number of carbonyl (C=O) groups excluding carboxylic acids is 3. The number of benzene rings is 3. The molecule has 0 spiro atoms. The zero-order chi connectivity index (χ0) is 30.6. The lowest BCUT2D eigenvalue weighted by Gasteiger charge is -2.57. The summed E-state index contributed by atoms with van der Waals surface area (Å²) in [5.74, 6) is 2.02. The lowest BCUT2D eigenvalue weighted by Crippen LogP contribution is -2.54. The maximum absolute atomic E-state index is 13.6. The maximum atomic E-state index is 13.6. The highest BCUT2D eigenvalue weighted by molar-refractivity contribution is 9.11. The molecule has 0 unspecified atom stereocenters. The minimum absolute atomic E-state index is 0.135. The summed E-state index contributed by atoms with van der Waals surface area (Å²) in [6, 6.07) is 18.1. The number of rotatable bonds is 7. The van der Waals surface area contributed by atoms with E-state index in [0.29, 0.717) is 29.4 Å². The molecule has 4 aliphatic carbocycles. The van der Waals surface area contributed by atoms with Crippen molar-refractivity contribution < 1.29 is 23.9 Å². The van der Waals surface area contributed by atoms with E-state index in [0.717, 1.165) is 37.2 Å². The molecule has 0 radical (unpaired) electrons. The molecule has 5 aliphatic rings. The first-order valence-corrected chi connectivity index (χ1v) is 16.6. The van der Waals surface area contributed by atoms with Gasteiger partial charge >= 0.3 is 6.03 Å². The molecule has 4 saturated carbocycles. The average molecular weight is 720 g/mol. The van der Waals surface area contributed by atoms with Gasteiger partial charge < -0.3 is 9.47 Å². The van der Waals surface area contributed by atoms with Crippen molar-refractivity contribution in [1.82, 2.24) is 5.32 Å². The quantitative estimate of drug-likeness (QED) is 0.198. The average Bonchev–Trinajstić information content (AvgIpc) is 2.98. The van der Waals surface area contributed by atoms with Gasteiger partial charge in [-0.1, -0.05) is 56.1 Å². The first-order valence-electron chi connectivity index (χ1n) is 15.0.